The average Bonchev–Trinajstić information content (AvgIpc) is 2.74. The molecule has 1 amide bonds. The van der Waals surface area contributed by atoms with Gasteiger partial charge in [0.25, 0.3) is 5.69 Å². The highest BCUT2D eigenvalue weighted by Gasteiger charge is 2.41. The molecule has 3 rings (SSSR count). The summed E-state index contributed by atoms with van der Waals surface area (Å²) in [5.74, 6) is 0.382. The molecule has 0 radical (unpaired) electrons. The molecular formula is C23H25N3O4. The molecule has 1 saturated carbocycles. The van der Waals surface area contributed by atoms with Crippen LogP contribution in [0.3, 0.4) is 0 Å². The van der Waals surface area contributed by atoms with Crippen LogP contribution in [-0.2, 0) is 10.2 Å². The van der Waals surface area contributed by atoms with Gasteiger partial charge in [-0.25, -0.2) is 0 Å². The van der Waals surface area contributed by atoms with Gasteiger partial charge in [-0.2, -0.15) is 5.26 Å². The van der Waals surface area contributed by atoms with Crippen molar-refractivity contribution in [1.29, 1.82) is 5.26 Å². The number of nitro benzene ring substituents is 1. The standard InChI is InChI=1S/C23H25N3O4/c1-16(2)30-20-10-11-21(17(14-20)15-24)25-22(27)23(12-4-3-5-13-23)18-6-8-19(9-7-18)26(28)29/h6-11,14,16H,3-5,12-13H2,1-2H3,(H,25,27). The minimum absolute atomic E-state index is 0.00220. The fourth-order valence-electron chi connectivity index (χ4n) is 4.02. The van der Waals surface area contributed by atoms with Gasteiger partial charge in [0.05, 0.1) is 27.7 Å². The summed E-state index contributed by atoms with van der Waals surface area (Å²) < 4.78 is 5.63. The summed E-state index contributed by atoms with van der Waals surface area (Å²) in [7, 11) is 0. The van der Waals surface area contributed by atoms with Gasteiger partial charge < -0.3 is 10.1 Å². The van der Waals surface area contributed by atoms with Gasteiger partial charge in [0.1, 0.15) is 11.8 Å². The Bertz CT molecular complexity index is 971. The highest BCUT2D eigenvalue weighted by molar-refractivity contribution is 6.00. The van der Waals surface area contributed by atoms with Gasteiger partial charge in [-0.05, 0) is 44.4 Å². The van der Waals surface area contributed by atoms with Crippen LogP contribution in [0.5, 0.6) is 5.75 Å². The molecule has 0 saturated heterocycles. The molecule has 1 fully saturated rings. The lowest BCUT2D eigenvalue weighted by Gasteiger charge is -2.36. The van der Waals surface area contributed by atoms with Gasteiger partial charge in [-0.3, -0.25) is 14.9 Å². The van der Waals surface area contributed by atoms with E-state index in [1.807, 2.05) is 13.8 Å². The first kappa shape index (κ1) is 21.3. The first-order valence-electron chi connectivity index (χ1n) is 10.1. The Morgan fingerprint density at radius 1 is 1.17 bits per heavy atom. The van der Waals surface area contributed by atoms with Crippen molar-refractivity contribution in [2.24, 2.45) is 0 Å². The Labute approximate surface area is 175 Å². The van der Waals surface area contributed by atoms with Crippen LogP contribution in [0.2, 0.25) is 0 Å². The van der Waals surface area contributed by atoms with Crippen LogP contribution in [0.25, 0.3) is 0 Å². The third kappa shape index (κ3) is 4.43. The summed E-state index contributed by atoms with van der Waals surface area (Å²) in [5, 5.41) is 23.5. The molecule has 0 spiro atoms. The Morgan fingerprint density at radius 3 is 2.40 bits per heavy atom. The normalized spacial score (nSPS) is 15.3. The minimum Gasteiger partial charge on any atom is -0.491 e. The Morgan fingerprint density at radius 2 is 1.83 bits per heavy atom. The summed E-state index contributed by atoms with van der Waals surface area (Å²) in [5.41, 5.74) is 0.760. The zero-order valence-corrected chi connectivity index (χ0v) is 17.2. The first-order chi connectivity index (χ1) is 14.4. The number of nitrogens with zero attached hydrogens (tertiary/aromatic N) is 2. The van der Waals surface area contributed by atoms with Gasteiger partial charge in [0.2, 0.25) is 5.91 Å². The fourth-order valence-corrected chi connectivity index (χ4v) is 4.02. The number of hydrogen-bond donors (Lipinski definition) is 1. The van der Waals surface area contributed by atoms with Crippen LogP contribution in [0, 0.1) is 21.4 Å². The summed E-state index contributed by atoms with van der Waals surface area (Å²) >= 11 is 0. The number of hydrogen-bond acceptors (Lipinski definition) is 5. The molecule has 2 aromatic rings. The summed E-state index contributed by atoms with van der Waals surface area (Å²) in [6.07, 6.45) is 4.14. The fraction of sp³-hybridized carbons (Fsp3) is 0.391. The maximum Gasteiger partial charge on any atom is 0.269 e. The number of carbonyl (C=O) groups is 1. The van der Waals surface area contributed by atoms with Crippen molar-refractivity contribution in [3.05, 3.63) is 63.7 Å². The Balaban J connectivity index is 1.91. The SMILES string of the molecule is CC(C)Oc1ccc(NC(=O)C2(c3ccc([N+](=O)[O-])cc3)CCCCC2)c(C#N)c1. The van der Waals surface area contributed by atoms with E-state index in [0.29, 0.717) is 29.8 Å². The molecule has 7 nitrogen and oxygen atoms in total. The lowest BCUT2D eigenvalue weighted by molar-refractivity contribution is -0.384. The highest BCUT2D eigenvalue weighted by Crippen LogP contribution is 2.41. The molecule has 0 atom stereocenters. The van der Waals surface area contributed by atoms with Crippen LogP contribution in [-0.4, -0.2) is 16.9 Å². The summed E-state index contributed by atoms with van der Waals surface area (Å²) in [6.45, 7) is 3.80. The molecule has 0 aromatic heterocycles. The van der Waals surface area contributed by atoms with Crippen LogP contribution < -0.4 is 10.1 Å². The van der Waals surface area contributed by atoms with Crippen LogP contribution in [0.1, 0.15) is 57.1 Å². The molecule has 0 heterocycles. The lowest BCUT2D eigenvalue weighted by atomic mass is 9.68. The van der Waals surface area contributed by atoms with Crippen molar-refractivity contribution in [3.8, 4) is 11.8 Å². The van der Waals surface area contributed by atoms with Gasteiger partial charge in [-0.1, -0.05) is 31.4 Å². The zero-order chi connectivity index (χ0) is 21.7. The second-order valence-electron chi connectivity index (χ2n) is 7.89. The molecule has 156 valence electrons. The zero-order valence-electron chi connectivity index (χ0n) is 17.2. The average molecular weight is 407 g/mol. The largest absolute Gasteiger partial charge is 0.491 e. The van der Waals surface area contributed by atoms with E-state index in [-0.39, 0.29) is 17.7 Å². The first-order valence-corrected chi connectivity index (χ1v) is 10.1. The highest BCUT2D eigenvalue weighted by atomic mass is 16.6. The van der Waals surface area contributed by atoms with Gasteiger partial charge >= 0.3 is 0 Å². The van der Waals surface area contributed by atoms with Crippen molar-refractivity contribution < 1.29 is 14.5 Å². The number of benzene rings is 2. The predicted octanol–water partition coefficient (Wildman–Crippen LogP) is 5.09. The second kappa shape index (κ2) is 8.95. The number of nitrogens with one attached hydrogen (secondary N) is 1. The summed E-state index contributed by atoms with van der Waals surface area (Å²) in [4.78, 5) is 24.0. The Hall–Kier alpha value is -3.40. The smallest absolute Gasteiger partial charge is 0.269 e. The topological polar surface area (TPSA) is 105 Å². The van der Waals surface area contributed by atoms with Crippen molar-refractivity contribution in [2.75, 3.05) is 5.32 Å². The number of carbonyl (C=O) groups excluding carboxylic acids is 1. The van der Waals surface area contributed by atoms with Crippen molar-refractivity contribution in [1.82, 2.24) is 0 Å². The van der Waals surface area contributed by atoms with E-state index in [1.54, 1.807) is 30.3 Å². The molecule has 2 aromatic carbocycles. The molecular weight excluding hydrogens is 382 g/mol. The molecule has 7 heteroatoms. The maximum atomic E-state index is 13.5. The lowest BCUT2D eigenvalue weighted by Crippen LogP contribution is -2.42. The molecule has 0 unspecified atom stereocenters. The summed E-state index contributed by atoms with van der Waals surface area (Å²) in [6, 6.07) is 13.4. The molecule has 1 N–H and O–H groups in total. The van der Waals surface area contributed by atoms with E-state index in [9.17, 15) is 20.2 Å². The number of ether oxygens (including phenoxy) is 1. The van der Waals surface area contributed by atoms with Gasteiger partial charge in [0, 0.05) is 18.2 Å². The van der Waals surface area contributed by atoms with Crippen LogP contribution in [0.4, 0.5) is 11.4 Å². The van der Waals surface area contributed by atoms with E-state index in [4.69, 9.17) is 4.74 Å². The van der Waals surface area contributed by atoms with Crippen molar-refractivity contribution >= 4 is 17.3 Å². The number of rotatable bonds is 6. The van der Waals surface area contributed by atoms with E-state index >= 15 is 0 Å². The second-order valence-corrected chi connectivity index (χ2v) is 7.89. The van der Waals surface area contributed by atoms with E-state index in [0.717, 1.165) is 24.8 Å². The third-order valence-electron chi connectivity index (χ3n) is 5.50. The molecule has 0 bridgehead atoms. The predicted molar refractivity (Wildman–Crippen MR) is 113 cm³/mol. The van der Waals surface area contributed by atoms with Crippen LogP contribution in [0.15, 0.2) is 42.5 Å². The monoisotopic (exact) mass is 407 g/mol. The van der Waals surface area contributed by atoms with Gasteiger partial charge in [-0.15, -0.1) is 0 Å². The molecule has 30 heavy (non-hydrogen) atoms. The quantitative estimate of drug-likeness (QED) is 0.530. The van der Waals surface area contributed by atoms with Crippen molar-refractivity contribution in [3.63, 3.8) is 0 Å². The number of non-ortho nitro benzene ring substituents is 1. The third-order valence-corrected chi connectivity index (χ3v) is 5.50. The van der Waals surface area contributed by atoms with Crippen LogP contribution >= 0.6 is 0 Å². The maximum absolute atomic E-state index is 13.5. The number of amides is 1. The van der Waals surface area contributed by atoms with Crippen molar-refractivity contribution in [2.45, 2.75) is 57.5 Å². The number of nitriles is 1. The van der Waals surface area contributed by atoms with Gasteiger partial charge in [0.15, 0.2) is 0 Å². The molecule has 1 aliphatic rings. The molecule has 1 aliphatic carbocycles. The Kier molecular flexibility index (Phi) is 6.36. The van der Waals surface area contributed by atoms with E-state index in [1.165, 1.54) is 12.1 Å². The van der Waals surface area contributed by atoms with E-state index < -0.39 is 10.3 Å². The molecule has 0 aliphatic heterocycles. The number of anilines is 1. The minimum atomic E-state index is -0.771. The van der Waals surface area contributed by atoms with E-state index in [2.05, 4.69) is 11.4 Å². The number of nitro groups is 1.